The highest BCUT2D eigenvalue weighted by molar-refractivity contribution is 6.30. The average Bonchev–Trinajstić information content (AvgIpc) is 3.11. The number of aromatic nitrogens is 2. The minimum Gasteiger partial charge on any atom is -0.496 e. The van der Waals surface area contributed by atoms with Crippen molar-refractivity contribution < 1.29 is 13.9 Å². The zero-order chi connectivity index (χ0) is 18.5. The van der Waals surface area contributed by atoms with Crippen LogP contribution in [-0.2, 0) is 11.2 Å². The minimum atomic E-state index is -0.132. The second-order valence-electron chi connectivity index (χ2n) is 5.71. The van der Waals surface area contributed by atoms with Gasteiger partial charge in [-0.25, -0.2) is 0 Å². The number of methoxy groups -OCH3 is 1. The fourth-order valence-corrected chi connectivity index (χ4v) is 2.71. The van der Waals surface area contributed by atoms with Crippen molar-refractivity contribution in [1.29, 1.82) is 0 Å². The first-order valence-corrected chi connectivity index (χ1v) is 8.46. The van der Waals surface area contributed by atoms with Gasteiger partial charge in [-0.15, -0.1) is 10.2 Å². The molecular formula is C19H18ClN3O3. The lowest BCUT2D eigenvalue weighted by molar-refractivity contribution is -0.116. The number of nitrogens with zero attached hydrogens (tertiary/aromatic N) is 2. The summed E-state index contributed by atoms with van der Waals surface area (Å²) in [5.74, 6) is 1.28. The second kappa shape index (κ2) is 8.01. The van der Waals surface area contributed by atoms with E-state index in [4.69, 9.17) is 20.8 Å². The molecule has 0 spiro atoms. The molecule has 0 atom stereocenters. The maximum atomic E-state index is 12.1. The summed E-state index contributed by atoms with van der Waals surface area (Å²) in [6.07, 6.45) is 0.580. The third kappa shape index (κ3) is 4.21. The number of anilines is 1. The van der Waals surface area contributed by atoms with E-state index in [0.29, 0.717) is 29.0 Å². The zero-order valence-corrected chi connectivity index (χ0v) is 15.2. The van der Waals surface area contributed by atoms with E-state index < -0.39 is 0 Å². The summed E-state index contributed by atoms with van der Waals surface area (Å²) in [5, 5.41) is 11.5. The van der Waals surface area contributed by atoms with Crippen LogP contribution in [0.25, 0.3) is 11.5 Å². The first kappa shape index (κ1) is 17.9. The summed E-state index contributed by atoms with van der Waals surface area (Å²) in [6.45, 7) is 1.89. The fraction of sp³-hybridized carbons (Fsp3) is 0.211. The van der Waals surface area contributed by atoms with Gasteiger partial charge in [0.2, 0.25) is 11.8 Å². The summed E-state index contributed by atoms with van der Waals surface area (Å²) in [4.78, 5) is 12.1. The predicted octanol–water partition coefficient (Wildman–Crippen LogP) is 4.28. The van der Waals surface area contributed by atoms with E-state index >= 15 is 0 Å². The molecule has 1 heterocycles. The molecule has 3 aromatic rings. The van der Waals surface area contributed by atoms with Gasteiger partial charge < -0.3 is 14.5 Å². The van der Waals surface area contributed by atoms with Gasteiger partial charge in [-0.2, -0.15) is 0 Å². The molecule has 0 bridgehead atoms. The smallest absolute Gasteiger partial charge is 0.251 e. The van der Waals surface area contributed by atoms with E-state index in [1.54, 1.807) is 25.3 Å². The van der Waals surface area contributed by atoms with Crippen LogP contribution in [0.2, 0.25) is 5.02 Å². The number of halogens is 1. The Balaban J connectivity index is 1.62. The number of benzene rings is 2. The summed E-state index contributed by atoms with van der Waals surface area (Å²) >= 11 is 5.92. The van der Waals surface area contributed by atoms with E-state index in [2.05, 4.69) is 15.5 Å². The maximum absolute atomic E-state index is 12.1. The SMILES string of the molecule is COc1ccccc1-c1nnc(CCC(=O)Nc2ccc(Cl)cc2C)o1. The van der Waals surface area contributed by atoms with Gasteiger partial charge in [-0.3, -0.25) is 4.79 Å². The van der Waals surface area contributed by atoms with Crippen LogP contribution in [0, 0.1) is 6.92 Å². The number of aryl methyl sites for hydroxylation is 2. The third-order valence-electron chi connectivity index (χ3n) is 3.83. The van der Waals surface area contributed by atoms with Gasteiger partial charge in [0.1, 0.15) is 5.75 Å². The minimum absolute atomic E-state index is 0.132. The summed E-state index contributed by atoms with van der Waals surface area (Å²) < 4.78 is 10.9. The van der Waals surface area contributed by atoms with E-state index in [0.717, 1.165) is 16.8 Å². The second-order valence-corrected chi connectivity index (χ2v) is 6.15. The average molecular weight is 372 g/mol. The van der Waals surface area contributed by atoms with Crippen molar-refractivity contribution in [2.75, 3.05) is 12.4 Å². The Kier molecular flexibility index (Phi) is 5.53. The molecule has 3 rings (SSSR count). The lowest BCUT2D eigenvalue weighted by Gasteiger charge is -2.08. The molecule has 134 valence electrons. The van der Waals surface area contributed by atoms with Gasteiger partial charge in [-0.1, -0.05) is 23.7 Å². The number of hydrogen-bond acceptors (Lipinski definition) is 5. The largest absolute Gasteiger partial charge is 0.496 e. The van der Waals surface area contributed by atoms with Crippen molar-refractivity contribution in [2.45, 2.75) is 19.8 Å². The molecule has 7 heteroatoms. The van der Waals surface area contributed by atoms with Crippen LogP contribution >= 0.6 is 11.6 Å². The highest BCUT2D eigenvalue weighted by atomic mass is 35.5. The van der Waals surface area contributed by atoms with Gasteiger partial charge >= 0.3 is 0 Å². The summed E-state index contributed by atoms with van der Waals surface area (Å²) in [7, 11) is 1.58. The molecule has 0 aliphatic carbocycles. The van der Waals surface area contributed by atoms with Crippen LogP contribution in [0.1, 0.15) is 17.9 Å². The molecule has 0 saturated carbocycles. The maximum Gasteiger partial charge on any atom is 0.251 e. The van der Waals surface area contributed by atoms with Crippen molar-refractivity contribution in [1.82, 2.24) is 10.2 Å². The number of carbonyl (C=O) groups excluding carboxylic acids is 1. The number of para-hydroxylation sites is 1. The quantitative estimate of drug-likeness (QED) is 0.699. The number of hydrogen-bond donors (Lipinski definition) is 1. The van der Waals surface area contributed by atoms with Crippen LogP contribution in [-0.4, -0.2) is 23.2 Å². The van der Waals surface area contributed by atoms with Crippen LogP contribution < -0.4 is 10.1 Å². The number of nitrogens with one attached hydrogen (secondary N) is 1. The van der Waals surface area contributed by atoms with Gasteiger partial charge in [0.25, 0.3) is 5.89 Å². The topological polar surface area (TPSA) is 77.2 Å². The summed E-state index contributed by atoms with van der Waals surface area (Å²) in [6, 6.07) is 12.7. The van der Waals surface area contributed by atoms with Gasteiger partial charge in [0.15, 0.2) is 0 Å². The van der Waals surface area contributed by atoms with Gasteiger partial charge in [0.05, 0.1) is 12.7 Å². The van der Waals surface area contributed by atoms with E-state index in [1.807, 2.05) is 31.2 Å². The van der Waals surface area contributed by atoms with E-state index in [9.17, 15) is 4.79 Å². The van der Waals surface area contributed by atoms with Crippen molar-refractivity contribution in [3.8, 4) is 17.2 Å². The molecule has 0 aliphatic rings. The highest BCUT2D eigenvalue weighted by Crippen LogP contribution is 2.28. The molecule has 0 aliphatic heterocycles. The highest BCUT2D eigenvalue weighted by Gasteiger charge is 2.14. The van der Waals surface area contributed by atoms with Crippen molar-refractivity contribution in [2.24, 2.45) is 0 Å². The normalized spacial score (nSPS) is 10.6. The standard InChI is InChI=1S/C19H18ClN3O3/c1-12-11-13(20)7-8-15(12)21-17(24)9-10-18-22-23-19(26-18)14-5-3-4-6-16(14)25-2/h3-8,11H,9-10H2,1-2H3,(H,21,24). The lowest BCUT2D eigenvalue weighted by Crippen LogP contribution is -2.13. The molecule has 0 radical (unpaired) electrons. The monoisotopic (exact) mass is 371 g/mol. The van der Waals surface area contributed by atoms with Crippen LogP contribution in [0.5, 0.6) is 5.75 Å². The first-order valence-electron chi connectivity index (χ1n) is 8.08. The Hall–Kier alpha value is -2.86. The fourth-order valence-electron chi connectivity index (χ4n) is 2.49. The third-order valence-corrected chi connectivity index (χ3v) is 4.07. The van der Waals surface area contributed by atoms with E-state index in [-0.39, 0.29) is 12.3 Å². The first-order chi connectivity index (χ1) is 12.6. The Morgan fingerprint density at radius 3 is 2.81 bits per heavy atom. The van der Waals surface area contributed by atoms with Gasteiger partial charge in [-0.05, 0) is 42.8 Å². The van der Waals surface area contributed by atoms with Crippen molar-refractivity contribution in [3.05, 3.63) is 58.9 Å². The molecule has 6 nitrogen and oxygen atoms in total. The molecule has 0 saturated heterocycles. The molecule has 1 N–H and O–H groups in total. The number of ether oxygens (including phenoxy) is 1. The molecule has 1 amide bonds. The molecule has 26 heavy (non-hydrogen) atoms. The molecular weight excluding hydrogens is 354 g/mol. The number of amides is 1. The summed E-state index contributed by atoms with van der Waals surface area (Å²) in [5.41, 5.74) is 2.36. The molecule has 2 aromatic carbocycles. The molecule has 0 unspecified atom stereocenters. The Morgan fingerprint density at radius 1 is 1.23 bits per heavy atom. The number of carbonyl (C=O) groups is 1. The van der Waals surface area contributed by atoms with Crippen LogP contribution in [0.3, 0.4) is 0 Å². The molecule has 1 aromatic heterocycles. The van der Waals surface area contributed by atoms with Crippen molar-refractivity contribution >= 4 is 23.2 Å². The Labute approximate surface area is 156 Å². The van der Waals surface area contributed by atoms with E-state index in [1.165, 1.54) is 0 Å². The lowest BCUT2D eigenvalue weighted by atomic mass is 10.2. The van der Waals surface area contributed by atoms with Crippen molar-refractivity contribution in [3.63, 3.8) is 0 Å². The van der Waals surface area contributed by atoms with Gasteiger partial charge in [0, 0.05) is 23.6 Å². The molecule has 0 fully saturated rings. The van der Waals surface area contributed by atoms with Crippen LogP contribution in [0.15, 0.2) is 46.9 Å². The number of rotatable bonds is 6. The Bertz CT molecular complexity index is 924. The predicted molar refractivity (Wildman–Crippen MR) is 99.4 cm³/mol. The van der Waals surface area contributed by atoms with Crippen LogP contribution in [0.4, 0.5) is 5.69 Å². The Morgan fingerprint density at radius 2 is 2.04 bits per heavy atom. The zero-order valence-electron chi connectivity index (χ0n) is 14.5.